The highest BCUT2D eigenvalue weighted by atomic mass is 31.2. The van der Waals surface area contributed by atoms with Crippen molar-refractivity contribution in [3.8, 4) is 0 Å². The molecule has 0 radical (unpaired) electrons. The molecule has 2 unspecified atom stereocenters. The Hall–Kier alpha value is -2.03. The molecule has 0 rings (SSSR count). The molecule has 0 aliphatic carbocycles. The highest BCUT2D eigenvalue weighted by Gasteiger charge is 2.26. The summed E-state index contributed by atoms with van der Waals surface area (Å²) in [6.45, 7) is 3.80. The van der Waals surface area contributed by atoms with Gasteiger partial charge in [-0.05, 0) is 77.0 Å². The zero-order chi connectivity index (χ0) is 65.8. The molecular weight excluding hydrogens is 1150 g/mol. The van der Waals surface area contributed by atoms with Crippen molar-refractivity contribution in [2.45, 2.75) is 431 Å². The molecule has 0 aromatic carbocycles. The number of phosphoric acid groups is 1. The molecule has 9 nitrogen and oxygen atoms in total. The highest BCUT2D eigenvalue weighted by Crippen LogP contribution is 2.43. The molecule has 91 heavy (non-hydrogen) atoms. The van der Waals surface area contributed by atoms with Gasteiger partial charge in [0.1, 0.15) is 6.61 Å². The number of hydrogen-bond acceptors (Lipinski definition) is 8. The van der Waals surface area contributed by atoms with Crippen LogP contribution in [0.5, 0.6) is 0 Å². The molecule has 0 spiro atoms. The molecule has 0 aliphatic heterocycles. The van der Waals surface area contributed by atoms with Crippen LogP contribution >= 0.6 is 7.82 Å². The Bertz CT molecular complexity index is 1630. The van der Waals surface area contributed by atoms with E-state index in [-0.39, 0.29) is 38.6 Å². The predicted octanol–water partition coefficient (Wildman–Crippen LogP) is 26.8. The Morgan fingerprint density at radius 2 is 0.571 bits per heavy atom. The number of esters is 2. The maximum absolute atomic E-state index is 12.8. The third kappa shape index (κ3) is 76.9. The Morgan fingerprint density at radius 3 is 0.857 bits per heavy atom. The summed E-state index contributed by atoms with van der Waals surface area (Å²) in [5.74, 6) is -0.806. The summed E-state index contributed by atoms with van der Waals surface area (Å²) in [7, 11) is -4.39. The van der Waals surface area contributed by atoms with Crippen LogP contribution in [-0.4, -0.2) is 49.3 Å². The Balaban J connectivity index is 3.74. The van der Waals surface area contributed by atoms with E-state index in [4.69, 9.17) is 24.3 Å². The molecule has 0 saturated heterocycles. The number of nitrogens with two attached hydrogens (primary N) is 1. The largest absolute Gasteiger partial charge is 0.472 e. The average molecular weight is 1300 g/mol. The second kappa shape index (κ2) is 77.0. The van der Waals surface area contributed by atoms with E-state index in [0.717, 1.165) is 51.4 Å². The zero-order valence-electron chi connectivity index (χ0n) is 60.6. The Morgan fingerprint density at radius 1 is 0.330 bits per heavy atom. The molecule has 0 saturated carbocycles. The van der Waals surface area contributed by atoms with Crippen molar-refractivity contribution in [1.82, 2.24) is 0 Å². The van der Waals surface area contributed by atoms with Crippen molar-refractivity contribution in [3.63, 3.8) is 0 Å². The first-order valence-electron chi connectivity index (χ1n) is 40.1. The molecule has 0 heterocycles. The van der Waals surface area contributed by atoms with Gasteiger partial charge in [-0.3, -0.25) is 18.6 Å². The standard InChI is InChI=1S/C81H154NO8P/c1-3-5-7-9-11-13-15-17-19-21-23-25-27-29-31-33-34-35-36-37-38-39-40-41-42-43-44-46-47-49-51-53-55-57-59-61-63-65-67-69-71-73-80(83)87-77-79(78-89-91(85,86)88-76-75-82)90-81(84)74-72-70-68-66-64-62-60-58-56-54-52-50-48-45-32-30-28-26-24-22-20-18-16-14-12-10-8-6-4-2/h16,18,21-24,28,30,79H,3-15,17,19-20,25-27,29,31-78,82H2,1-2H3,(H,85,86)/b18-16-,23-21-,24-22-,30-28-. The van der Waals surface area contributed by atoms with Gasteiger partial charge in [-0.1, -0.05) is 383 Å². The number of hydrogen-bond donors (Lipinski definition) is 2. The summed E-state index contributed by atoms with van der Waals surface area (Å²) in [5, 5.41) is 0. The summed E-state index contributed by atoms with van der Waals surface area (Å²) in [6.07, 6.45) is 99.8. The number of unbranched alkanes of at least 4 members (excludes halogenated alkanes) is 56. The maximum Gasteiger partial charge on any atom is 0.472 e. The first-order valence-corrected chi connectivity index (χ1v) is 41.6. The van der Waals surface area contributed by atoms with Gasteiger partial charge in [0.05, 0.1) is 13.2 Å². The quantitative estimate of drug-likeness (QED) is 0.0264. The van der Waals surface area contributed by atoms with E-state index >= 15 is 0 Å². The molecule has 536 valence electrons. The van der Waals surface area contributed by atoms with Crippen molar-refractivity contribution >= 4 is 19.8 Å². The van der Waals surface area contributed by atoms with Gasteiger partial charge in [0.15, 0.2) is 6.10 Å². The maximum atomic E-state index is 12.8. The summed E-state index contributed by atoms with van der Waals surface area (Å²) < 4.78 is 33.3. The van der Waals surface area contributed by atoms with Gasteiger partial charge in [-0.2, -0.15) is 0 Å². The molecular formula is C81H154NO8P. The van der Waals surface area contributed by atoms with Gasteiger partial charge in [0.2, 0.25) is 0 Å². The lowest BCUT2D eigenvalue weighted by molar-refractivity contribution is -0.161. The van der Waals surface area contributed by atoms with Crippen LogP contribution in [0.4, 0.5) is 0 Å². The zero-order valence-corrected chi connectivity index (χ0v) is 61.5. The van der Waals surface area contributed by atoms with Gasteiger partial charge < -0.3 is 20.1 Å². The Labute approximate surface area is 566 Å². The third-order valence-corrected chi connectivity index (χ3v) is 19.2. The van der Waals surface area contributed by atoms with Crippen LogP contribution in [0.3, 0.4) is 0 Å². The van der Waals surface area contributed by atoms with Crippen molar-refractivity contribution in [2.75, 3.05) is 26.4 Å². The van der Waals surface area contributed by atoms with E-state index in [1.807, 2.05) is 0 Å². The van der Waals surface area contributed by atoms with Crippen LogP contribution in [-0.2, 0) is 32.7 Å². The second-order valence-electron chi connectivity index (χ2n) is 27.3. The number of carbonyl (C=O) groups is 2. The van der Waals surface area contributed by atoms with E-state index in [9.17, 15) is 19.0 Å². The normalized spacial score (nSPS) is 13.1. The lowest BCUT2D eigenvalue weighted by Crippen LogP contribution is -2.29. The van der Waals surface area contributed by atoms with Crippen molar-refractivity contribution in [2.24, 2.45) is 5.73 Å². The summed E-state index contributed by atoms with van der Waals surface area (Å²) >= 11 is 0. The number of phosphoric ester groups is 1. The minimum absolute atomic E-state index is 0.0549. The lowest BCUT2D eigenvalue weighted by atomic mass is 10.0. The fourth-order valence-corrected chi connectivity index (χ4v) is 13.0. The van der Waals surface area contributed by atoms with Crippen LogP contribution in [0.15, 0.2) is 48.6 Å². The van der Waals surface area contributed by atoms with Crippen molar-refractivity contribution in [1.29, 1.82) is 0 Å². The SMILES string of the molecule is CCCCCCC/C=C\C/C=C\C/C=C\CCCCCCCCCCCCCCCCC(=O)OC(COC(=O)CCCCCCCCCCCCCCCCCCCCCCCCCCCCCCC/C=C\CCCCCCCCCC)COP(=O)(O)OCCN. The predicted molar refractivity (Wildman–Crippen MR) is 395 cm³/mol. The van der Waals surface area contributed by atoms with Gasteiger partial charge in [-0.25, -0.2) is 4.57 Å². The van der Waals surface area contributed by atoms with Crippen LogP contribution in [0.25, 0.3) is 0 Å². The number of ether oxygens (including phenoxy) is 2. The first-order chi connectivity index (χ1) is 44.8. The van der Waals surface area contributed by atoms with E-state index in [1.54, 1.807) is 0 Å². The third-order valence-electron chi connectivity index (χ3n) is 18.2. The lowest BCUT2D eigenvalue weighted by Gasteiger charge is -2.19. The smallest absolute Gasteiger partial charge is 0.462 e. The van der Waals surface area contributed by atoms with Crippen molar-refractivity contribution in [3.05, 3.63) is 48.6 Å². The second-order valence-corrected chi connectivity index (χ2v) is 28.7. The molecule has 0 bridgehead atoms. The molecule has 0 aliphatic rings. The average Bonchev–Trinajstić information content (AvgIpc) is 3.68. The van der Waals surface area contributed by atoms with Crippen molar-refractivity contribution < 1.29 is 37.6 Å². The summed E-state index contributed by atoms with van der Waals surface area (Å²) in [6, 6.07) is 0. The Kier molecular flexibility index (Phi) is 75.3. The topological polar surface area (TPSA) is 134 Å². The summed E-state index contributed by atoms with van der Waals surface area (Å²) in [4.78, 5) is 35.4. The molecule has 2 atom stereocenters. The van der Waals surface area contributed by atoms with E-state index in [0.29, 0.717) is 6.42 Å². The van der Waals surface area contributed by atoms with Gasteiger partial charge in [0, 0.05) is 19.4 Å². The fraction of sp³-hybridized carbons (Fsp3) is 0.877. The number of allylic oxidation sites excluding steroid dienone is 8. The van der Waals surface area contributed by atoms with E-state index in [1.165, 1.54) is 340 Å². The minimum Gasteiger partial charge on any atom is -0.462 e. The van der Waals surface area contributed by atoms with Crippen LogP contribution < -0.4 is 5.73 Å². The van der Waals surface area contributed by atoms with Crippen LogP contribution in [0.2, 0.25) is 0 Å². The molecule has 10 heteroatoms. The number of carbonyl (C=O) groups excluding carboxylic acids is 2. The monoisotopic (exact) mass is 1300 g/mol. The van der Waals surface area contributed by atoms with E-state index in [2.05, 4.69) is 62.5 Å². The molecule has 0 amide bonds. The van der Waals surface area contributed by atoms with Gasteiger partial charge >= 0.3 is 19.8 Å². The molecule has 0 aromatic heterocycles. The fourth-order valence-electron chi connectivity index (χ4n) is 12.2. The van der Waals surface area contributed by atoms with Crippen LogP contribution in [0.1, 0.15) is 425 Å². The minimum atomic E-state index is -4.39. The van der Waals surface area contributed by atoms with Gasteiger partial charge in [-0.15, -0.1) is 0 Å². The van der Waals surface area contributed by atoms with Crippen LogP contribution in [0, 0.1) is 0 Å². The van der Waals surface area contributed by atoms with E-state index < -0.39 is 26.5 Å². The highest BCUT2D eigenvalue weighted by molar-refractivity contribution is 7.47. The molecule has 0 aromatic rings. The number of rotatable bonds is 77. The van der Waals surface area contributed by atoms with Gasteiger partial charge in [0.25, 0.3) is 0 Å². The molecule has 3 N–H and O–H groups in total. The summed E-state index contributed by atoms with van der Waals surface area (Å²) in [5.41, 5.74) is 5.41. The molecule has 0 fully saturated rings. The first kappa shape index (κ1) is 89.0.